The first-order chi connectivity index (χ1) is 9.72. The third-order valence-corrected chi connectivity index (χ3v) is 4.03. The van der Waals surface area contributed by atoms with Crippen molar-refractivity contribution in [2.45, 2.75) is 19.3 Å². The average Bonchev–Trinajstić information content (AvgIpc) is 3.03. The predicted molar refractivity (Wildman–Crippen MR) is 73.7 cm³/mol. The number of nitrogens with zero attached hydrogens (tertiary/aromatic N) is 1. The smallest absolute Gasteiger partial charge is 0.237 e. The molecule has 4 heteroatoms. The number of carbonyl (C=O) groups is 2. The number of fused-ring (bicyclic) bond motifs is 1. The number of amides is 2. The summed E-state index contributed by atoms with van der Waals surface area (Å²) in [5, 5.41) is 8.64. The van der Waals surface area contributed by atoms with Crippen LogP contribution in [0.1, 0.15) is 24.8 Å². The molecule has 1 aliphatic carbocycles. The Morgan fingerprint density at radius 2 is 1.70 bits per heavy atom. The van der Waals surface area contributed by atoms with Gasteiger partial charge in [0.25, 0.3) is 0 Å². The topological polar surface area (TPSA) is 57.6 Å². The second kappa shape index (κ2) is 5.10. The van der Waals surface area contributed by atoms with E-state index in [-0.39, 0.29) is 30.3 Å². The van der Waals surface area contributed by atoms with Crippen molar-refractivity contribution in [1.82, 2.24) is 0 Å². The largest absolute Gasteiger partial charge is 0.384 e. The molecule has 0 radical (unpaired) electrons. The Bertz CT molecular complexity index is 587. The summed E-state index contributed by atoms with van der Waals surface area (Å²) in [4.78, 5) is 25.9. The van der Waals surface area contributed by atoms with E-state index in [1.165, 1.54) is 4.90 Å². The van der Waals surface area contributed by atoms with Crippen LogP contribution in [0.25, 0.3) is 0 Å². The van der Waals surface area contributed by atoms with E-state index < -0.39 is 0 Å². The molecule has 0 bridgehead atoms. The molecule has 2 atom stereocenters. The Morgan fingerprint density at radius 1 is 1.10 bits per heavy atom. The van der Waals surface area contributed by atoms with Gasteiger partial charge in [-0.1, -0.05) is 18.3 Å². The summed E-state index contributed by atoms with van der Waals surface area (Å²) in [5.74, 6) is 4.99. The molecular weight excluding hydrogens is 254 g/mol. The second-order valence-electron chi connectivity index (χ2n) is 5.16. The number of hydrogen-bond donors (Lipinski definition) is 1. The van der Waals surface area contributed by atoms with Gasteiger partial charge in [-0.2, -0.15) is 0 Å². The van der Waals surface area contributed by atoms with Crippen LogP contribution < -0.4 is 4.90 Å². The molecule has 1 aromatic carbocycles. The Morgan fingerprint density at radius 3 is 2.25 bits per heavy atom. The quantitative estimate of drug-likeness (QED) is 0.618. The van der Waals surface area contributed by atoms with Gasteiger partial charge < -0.3 is 5.11 Å². The minimum atomic E-state index is -0.186. The molecule has 1 saturated carbocycles. The molecule has 2 fully saturated rings. The van der Waals surface area contributed by atoms with E-state index in [2.05, 4.69) is 11.8 Å². The molecule has 4 nitrogen and oxygen atoms in total. The molecule has 2 amide bonds. The van der Waals surface area contributed by atoms with E-state index in [9.17, 15) is 9.59 Å². The van der Waals surface area contributed by atoms with E-state index in [0.717, 1.165) is 24.8 Å². The van der Waals surface area contributed by atoms with E-state index >= 15 is 0 Å². The first kappa shape index (κ1) is 12.9. The average molecular weight is 269 g/mol. The minimum Gasteiger partial charge on any atom is -0.384 e. The fraction of sp³-hybridized carbons (Fsp3) is 0.375. The van der Waals surface area contributed by atoms with Crippen LogP contribution in [0.5, 0.6) is 0 Å². The van der Waals surface area contributed by atoms with Crippen LogP contribution in [0.15, 0.2) is 24.3 Å². The van der Waals surface area contributed by atoms with Gasteiger partial charge in [-0.3, -0.25) is 14.5 Å². The van der Waals surface area contributed by atoms with Gasteiger partial charge in [-0.05, 0) is 37.1 Å². The highest BCUT2D eigenvalue weighted by molar-refractivity contribution is 6.22. The number of anilines is 1. The SMILES string of the molecule is O=C1C2CCCC2C(=O)N1c1ccc(C#CCO)cc1. The maximum absolute atomic E-state index is 12.3. The van der Waals surface area contributed by atoms with Crippen LogP contribution >= 0.6 is 0 Å². The van der Waals surface area contributed by atoms with Gasteiger partial charge in [-0.25, -0.2) is 0 Å². The summed E-state index contributed by atoms with van der Waals surface area (Å²) in [6, 6.07) is 6.98. The van der Waals surface area contributed by atoms with Crippen molar-refractivity contribution in [2.24, 2.45) is 11.8 Å². The van der Waals surface area contributed by atoms with Crippen molar-refractivity contribution in [3.8, 4) is 11.8 Å². The number of rotatable bonds is 1. The lowest BCUT2D eigenvalue weighted by Gasteiger charge is -2.15. The zero-order valence-electron chi connectivity index (χ0n) is 11.0. The molecule has 1 aliphatic heterocycles. The van der Waals surface area contributed by atoms with Crippen molar-refractivity contribution in [1.29, 1.82) is 0 Å². The first-order valence-electron chi connectivity index (χ1n) is 6.80. The number of hydrogen-bond acceptors (Lipinski definition) is 3. The van der Waals surface area contributed by atoms with Gasteiger partial charge in [0.1, 0.15) is 6.61 Å². The molecule has 0 spiro atoms. The number of carbonyl (C=O) groups excluding carboxylic acids is 2. The van der Waals surface area contributed by atoms with Crippen molar-refractivity contribution in [2.75, 3.05) is 11.5 Å². The van der Waals surface area contributed by atoms with Crippen LogP contribution in [0, 0.1) is 23.7 Å². The standard InChI is InChI=1S/C16H15NO3/c18-10-2-3-11-6-8-12(9-7-11)17-15(19)13-4-1-5-14(13)16(17)20/h6-9,13-14,18H,1,4-5,10H2. The van der Waals surface area contributed by atoms with Crippen LogP contribution in [-0.2, 0) is 9.59 Å². The molecule has 1 aromatic rings. The Hall–Kier alpha value is -2.12. The van der Waals surface area contributed by atoms with Gasteiger partial charge in [0.15, 0.2) is 0 Å². The third kappa shape index (κ3) is 2.00. The van der Waals surface area contributed by atoms with Gasteiger partial charge in [0, 0.05) is 5.56 Å². The Labute approximate surface area is 117 Å². The number of aliphatic hydroxyl groups is 1. The fourth-order valence-electron chi connectivity index (χ4n) is 3.08. The lowest BCUT2D eigenvalue weighted by Crippen LogP contribution is -2.31. The summed E-state index contributed by atoms with van der Waals surface area (Å²) >= 11 is 0. The summed E-state index contributed by atoms with van der Waals surface area (Å²) in [6.07, 6.45) is 2.62. The van der Waals surface area contributed by atoms with Crippen LogP contribution in [0.3, 0.4) is 0 Å². The highest BCUT2D eigenvalue weighted by Gasteiger charge is 2.50. The molecule has 1 heterocycles. The second-order valence-corrected chi connectivity index (χ2v) is 5.16. The van der Waals surface area contributed by atoms with Crippen molar-refractivity contribution < 1.29 is 14.7 Å². The third-order valence-electron chi connectivity index (χ3n) is 4.03. The number of benzene rings is 1. The normalized spacial score (nSPS) is 24.6. The summed E-state index contributed by atoms with van der Waals surface area (Å²) in [7, 11) is 0. The predicted octanol–water partition coefficient (Wildman–Crippen LogP) is 1.32. The molecular formula is C16H15NO3. The molecule has 2 unspecified atom stereocenters. The summed E-state index contributed by atoms with van der Waals surface area (Å²) in [5.41, 5.74) is 1.37. The summed E-state index contributed by atoms with van der Waals surface area (Å²) < 4.78 is 0. The number of imide groups is 1. The van der Waals surface area contributed by atoms with Gasteiger partial charge in [-0.15, -0.1) is 0 Å². The number of aliphatic hydroxyl groups excluding tert-OH is 1. The molecule has 3 rings (SSSR count). The molecule has 1 N–H and O–H groups in total. The maximum atomic E-state index is 12.3. The highest BCUT2D eigenvalue weighted by Crippen LogP contribution is 2.41. The molecule has 20 heavy (non-hydrogen) atoms. The Balaban J connectivity index is 1.86. The minimum absolute atomic E-state index is 0.0632. The van der Waals surface area contributed by atoms with E-state index in [1.54, 1.807) is 24.3 Å². The lowest BCUT2D eigenvalue weighted by molar-refractivity contribution is -0.122. The first-order valence-corrected chi connectivity index (χ1v) is 6.80. The maximum Gasteiger partial charge on any atom is 0.237 e. The van der Waals surface area contributed by atoms with Gasteiger partial charge in [0.05, 0.1) is 17.5 Å². The highest BCUT2D eigenvalue weighted by atomic mass is 16.2. The van der Waals surface area contributed by atoms with E-state index in [1.807, 2.05) is 0 Å². The van der Waals surface area contributed by atoms with Crippen LogP contribution in [-0.4, -0.2) is 23.5 Å². The van der Waals surface area contributed by atoms with Crippen molar-refractivity contribution >= 4 is 17.5 Å². The molecule has 1 saturated heterocycles. The van der Waals surface area contributed by atoms with Gasteiger partial charge in [0.2, 0.25) is 11.8 Å². The zero-order chi connectivity index (χ0) is 14.1. The molecule has 2 aliphatic rings. The van der Waals surface area contributed by atoms with Crippen molar-refractivity contribution in [3.05, 3.63) is 29.8 Å². The van der Waals surface area contributed by atoms with Gasteiger partial charge >= 0.3 is 0 Å². The molecule has 102 valence electrons. The van der Waals surface area contributed by atoms with Crippen LogP contribution in [0.2, 0.25) is 0 Å². The monoisotopic (exact) mass is 269 g/mol. The Kier molecular flexibility index (Phi) is 3.29. The van der Waals surface area contributed by atoms with Crippen molar-refractivity contribution in [3.63, 3.8) is 0 Å². The lowest BCUT2D eigenvalue weighted by atomic mass is 10.00. The van der Waals surface area contributed by atoms with E-state index in [4.69, 9.17) is 5.11 Å². The fourth-order valence-corrected chi connectivity index (χ4v) is 3.08. The summed E-state index contributed by atoms with van der Waals surface area (Å²) in [6.45, 7) is -0.186. The molecule has 0 aromatic heterocycles. The zero-order valence-corrected chi connectivity index (χ0v) is 11.0. The van der Waals surface area contributed by atoms with Crippen LogP contribution in [0.4, 0.5) is 5.69 Å². The van der Waals surface area contributed by atoms with E-state index in [0.29, 0.717) is 5.69 Å².